The molecule has 0 amide bonds. The van der Waals surface area contributed by atoms with Crippen LogP contribution in [0.5, 0.6) is 0 Å². The number of rotatable bonds is 3. The predicted octanol–water partition coefficient (Wildman–Crippen LogP) is 3.21. The molecule has 1 aromatic rings. The van der Waals surface area contributed by atoms with Crippen LogP contribution >= 0.6 is 11.3 Å². The van der Waals surface area contributed by atoms with Gasteiger partial charge in [0.2, 0.25) is 0 Å². The standard InChI is InChI=1S/C12H16OS/c1-8-4-9(7-14-8)5-11(13)10-6-12(10,2)3/h4,7,10H,5-6H2,1-3H3. The van der Waals surface area contributed by atoms with Crippen LogP contribution in [0.2, 0.25) is 0 Å². The van der Waals surface area contributed by atoms with E-state index in [1.807, 2.05) is 0 Å². The summed E-state index contributed by atoms with van der Waals surface area (Å²) in [4.78, 5) is 13.1. The summed E-state index contributed by atoms with van der Waals surface area (Å²) in [5.74, 6) is 0.746. The molecule has 0 aromatic carbocycles. The molecule has 0 saturated heterocycles. The van der Waals surface area contributed by atoms with E-state index in [9.17, 15) is 4.79 Å². The normalized spacial score (nSPS) is 23.5. The number of carbonyl (C=O) groups excluding carboxylic acids is 1. The number of aryl methyl sites for hydroxylation is 1. The Bertz CT molecular complexity index is 362. The number of thiophene rings is 1. The van der Waals surface area contributed by atoms with Crippen molar-refractivity contribution < 1.29 is 4.79 Å². The molecule has 14 heavy (non-hydrogen) atoms. The molecule has 1 aromatic heterocycles. The van der Waals surface area contributed by atoms with Gasteiger partial charge in [-0.05, 0) is 35.8 Å². The Morgan fingerprint density at radius 1 is 1.64 bits per heavy atom. The van der Waals surface area contributed by atoms with Gasteiger partial charge in [-0.3, -0.25) is 4.79 Å². The van der Waals surface area contributed by atoms with E-state index in [0.29, 0.717) is 18.1 Å². The van der Waals surface area contributed by atoms with Crippen LogP contribution in [0.3, 0.4) is 0 Å². The molecule has 0 spiro atoms. The third kappa shape index (κ3) is 1.90. The summed E-state index contributed by atoms with van der Waals surface area (Å²) in [5, 5.41) is 2.10. The molecule has 1 heterocycles. The molecule has 1 saturated carbocycles. The second-order valence-electron chi connectivity index (χ2n) is 4.95. The average Bonchev–Trinajstić information content (AvgIpc) is 2.51. The number of ketones is 1. The highest BCUT2D eigenvalue weighted by atomic mass is 32.1. The van der Waals surface area contributed by atoms with Gasteiger partial charge in [0.15, 0.2) is 0 Å². The van der Waals surface area contributed by atoms with Crippen LogP contribution in [0.25, 0.3) is 0 Å². The fourth-order valence-corrected chi connectivity index (χ4v) is 2.64. The molecular formula is C12H16OS. The minimum atomic E-state index is 0.280. The molecule has 0 aliphatic heterocycles. The molecule has 0 radical (unpaired) electrons. The Labute approximate surface area is 89.1 Å². The molecular weight excluding hydrogens is 192 g/mol. The second kappa shape index (κ2) is 3.20. The fourth-order valence-electron chi connectivity index (χ4n) is 1.93. The maximum Gasteiger partial charge on any atom is 0.140 e. The van der Waals surface area contributed by atoms with Crippen LogP contribution in [0.15, 0.2) is 11.4 Å². The summed E-state index contributed by atoms with van der Waals surface area (Å²) < 4.78 is 0. The van der Waals surface area contributed by atoms with Crippen molar-refractivity contribution in [1.29, 1.82) is 0 Å². The van der Waals surface area contributed by atoms with Gasteiger partial charge in [0.1, 0.15) is 5.78 Å². The van der Waals surface area contributed by atoms with Crippen molar-refractivity contribution in [2.45, 2.75) is 33.6 Å². The molecule has 2 rings (SSSR count). The quantitative estimate of drug-likeness (QED) is 0.745. The van der Waals surface area contributed by atoms with E-state index >= 15 is 0 Å². The molecule has 76 valence electrons. The highest BCUT2D eigenvalue weighted by Crippen LogP contribution is 2.52. The van der Waals surface area contributed by atoms with E-state index in [-0.39, 0.29) is 5.41 Å². The van der Waals surface area contributed by atoms with Crippen molar-refractivity contribution in [3.05, 3.63) is 21.9 Å². The van der Waals surface area contributed by atoms with E-state index in [0.717, 1.165) is 6.42 Å². The Hall–Kier alpha value is -0.630. The van der Waals surface area contributed by atoms with Gasteiger partial charge in [0.25, 0.3) is 0 Å². The molecule has 0 bridgehead atoms. The van der Waals surface area contributed by atoms with Gasteiger partial charge in [0.05, 0.1) is 0 Å². The Balaban J connectivity index is 1.96. The molecule has 1 aliphatic rings. The molecule has 1 fully saturated rings. The molecule has 0 N–H and O–H groups in total. The summed E-state index contributed by atoms with van der Waals surface area (Å²) >= 11 is 1.73. The predicted molar refractivity (Wildman–Crippen MR) is 59.7 cm³/mol. The lowest BCUT2D eigenvalue weighted by molar-refractivity contribution is -0.120. The highest BCUT2D eigenvalue weighted by Gasteiger charge is 2.49. The number of hydrogen-bond donors (Lipinski definition) is 0. The largest absolute Gasteiger partial charge is 0.299 e. The van der Waals surface area contributed by atoms with E-state index in [1.165, 1.54) is 10.4 Å². The summed E-state index contributed by atoms with van der Waals surface area (Å²) in [5.41, 5.74) is 1.47. The molecule has 1 atom stereocenters. The zero-order valence-corrected chi connectivity index (χ0v) is 9.78. The van der Waals surface area contributed by atoms with Crippen LogP contribution in [0, 0.1) is 18.3 Å². The minimum Gasteiger partial charge on any atom is -0.299 e. The topological polar surface area (TPSA) is 17.1 Å². The average molecular weight is 208 g/mol. The maximum absolute atomic E-state index is 11.8. The zero-order valence-electron chi connectivity index (χ0n) is 8.96. The molecule has 2 heteroatoms. The zero-order chi connectivity index (χ0) is 10.3. The van der Waals surface area contributed by atoms with Gasteiger partial charge < -0.3 is 0 Å². The highest BCUT2D eigenvalue weighted by molar-refractivity contribution is 7.10. The van der Waals surface area contributed by atoms with Gasteiger partial charge in [-0.15, -0.1) is 11.3 Å². The third-order valence-electron chi connectivity index (χ3n) is 3.07. The van der Waals surface area contributed by atoms with Crippen molar-refractivity contribution >= 4 is 17.1 Å². The first-order valence-corrected chi connectivity index (χ1v) is 5.94. The van der Waals surface area contributed by atoms with Gasteiger partial charge in [-0.25, -0.2) is 0 Å². The van der Waals surface area contributed by atoms with Gasteiger partial charge in [0, 0.05) is 17.2 Å². The summed E-state index contributed by atoms with van der Waals surface area (Å²) in [6.07, 6.45) is 1.72. The van der Waals surface area contributed by atoms with E-state index in [1.54, 1.807) is 11.3 Å². The number of carbonyl (C=O) groups is 1. The first-order chi connectivity index (χ1) is 6.49. The van der Waals surface area contributed by atoms with E-state index in [2.05, 4.69) is 32.2 Å². The molecule has 1 aliphatic carbocycles. The summed E-state index contributed by atoms with van der Waals surface area (Å²) in [7, 11) is 0. The summed E-state index contributed by atoms with van der Waals surface area (Å²) in [6.45, 7) is 6.43. The number of hydrogen-bond acceptors (Lipinski definition) is 2. The van der Waals surface area contributed by atoms with Crippen molar-refractivity contribution in [2.24, 2.45) is 11.3 Å². The fraction of sp³-hybridized carbons (Fsp3) is 0.583. The van der Waals surface area contributed by atoms with E-state index in [4.69, 9.17) is 0 Å². The minimum absolute atomic E-state index is 0.280. The van der Waals surface area contributed by atoms with Gasteiger partial charge in [-0.2, -0.15) is 0 Å². The van der Waals surface area contributed by atoms with E-state index < -0.39 is 0 Å². The monoisotopic (exact) mass is 208 g/mol. The second-order valence-corrected chi connectivity index (χ2v) is 6.07. The van der Waals surface area contributed by atoms with Crippen LogP contribution in [0.4, 0.5) is 0 Å². The lowest BCUT2D eigenvalue weighted by atomic mass is 10.0. The Morgan fingerprint density at radius 3 is 2.71 bits per heavy atom. The van der Waals surface area contributed by atoms with Crippen molar-refractivity contribution in [1.82, 2.24) is 0 Å². The lowest BCUT2D eigenvalue weighted by Crippen LogP contribution is -2.08. The summed E-state index contributed by atoms with van der Waals surface area (Å²) in [6, 6.07) is 2.12. The first-order valence-electron chi connectivity index (χ1n) is 5.06. The Morgan fingerprint density at radius 2 is 2.29 bits per heavy atom. The lowest BCUT2D eigenvalue weighted by Gasteiger charge is -2.00. The first kappa shape index (κ1) is 9.91. The molecule has 1 nitrogen and oxygen atoms in total. The van der Waals surface area contributed by atoms with Crippen LogP contribution in [-0.2, 0) is 11.2 Å². The molecule has 1 unspecified atom stereocenters. The SMILES string of the molecule is Cc1cc(CC(=O)C2CC2(C)C)cs1. The van der Waals surface area contributed by atoms with Crippen LogP contribution in [0.1, 0.15) is 30.7 Å². The van der Waals surface area contributed by atoms with Crippen LogP contribution in [-0.4, -0.2) is 5.78 Å². The van der Waals surface area contributed by atoms with Gasteiger partial charge in [-0.1, -0.05) is 13.8 Å². The number of Topliss-reactive ketones (excluding diaryl/α,β-unsaturated/α-hetero) is 1. The van der Waals surface area contributed by atoms with Crippen molar-refractivity contribution in [3.63, 3.8) is 0 Å². The Kier molecular flexibility index (Phi) is 2.26. The van der Waals surface area contributed by atoms with Crippen LogP contribution < -0.4 is 0 Å². The van der Waals surface area contributed by atoms with Gasteiger partial charge >= 0.3 is 0 Å². The maximum atomic E-state index is 11.8. The smallest absolute Gasteiger partial charge is 0.140 e. The third-order valence-corrected chi connectivity index (χ3v) is 3.98. The van der Waals surface area contributed by atoms with Crippen molar-refractivity contribution in [2.75, 3.05) is 0 Å². The van der Waals surface area contributed by atoms with Crippen molar-refractivity contribution in [3.8, 4) is 0 Å².